The molecule has 38 heavy (non-hydrogen) atoms. The Kier molecular flexibility index (Phi) is 7.80. The first kappa shape index (κ1) is 26.1. The third-order valence-corrected chi connectivity index (χ3v) is 5.78. The summed E-state index contributed by atoms with van der Waals surface area (Å²) in [6, 6.07) is 15.1. The fraction of sp³-hybridized carbons (Fsp3) is 0.231. The molecule has 0 aromatic heterocycles. The number of nitro benzene ring substituents is 2. The third-order valence-electron chi connectivity index (χ3n) is 5.78. The summed E-state index contributed by atoms with van der Waals surface area (Å²) in [5, 5.41) is 24.9. The molecule has 0 bridgehead atoms. The van der Waals surface area contributed by atoms with Gasteiger partial charge in [-0.05, 0) is 55.7 Å². The van der Waals surface area contributed by atoms with Crippen LogP contribution in [-0.4, -0.2) is 41.4 Å². The van der Waals surface area contributed by atoms with E-state index in [0.717, 1.165) is 29.5 Å². The SMILES string of the molecule is Cc1cccc(OCCCCN2C(=O)COc3ccc(NC(=O)c4cc([N+](=O)[O-])cc([N+](=O)[O-])c4)cc32)c1. The van der Waals surface area contributed by atoms with Gasteiger partial charge in [-0.25, -0.2) is 0 Å². The number of nitrogens with zero attached hydrogens (tertiary/aromatic N) is 3. The van der Waals surface area contributed by atoms with Crippen molar-refractivity contribution in [3.63, 3.8) is 0 Å². The first-order chi connectivity index (χ1) is 18.2. The molecule has 12 heteroatoms. The van der Waals surface area contributed by atoms with E-state index in [4.69, 9.17) is 9.47 Å². The molecular weight excluding hydrogens is 496 g/mol. The minimum Gasteiger partial charge on any atom is -0.494 e. The summed E-state index contributed by atoms with van der Waals surface area (Å²) < 4.78 is 11.3. The van der Waals surface area contributed by atoms with E-state index in [9.17, 15) is 29.8 Å². The second-order valence-corrected chi connectivity index (χ2v) is 8.60. The van der Waals surface area contributed by atoms with E-state index >= 15 is 0 Å². The fourth-order valence-corrected chi connectivity index (χ4v) is 3.93. The number of nitrogens with one attached hydrogen (secondary N) is 1. The topological polar surface area (TPSA) is 154 Å². The normalized spacial score (nSPS) is 12.3. The van der Waals surface area contributed by atoms with Gasteiger partial charge < -0.3 is 19.7 Å². The summed E-state index contributed by atoms with van der Waals surface area (Å²) in [5.41, 5.74) is 0.446. The van der Waals surface area contributed by atoms with Crippen LogP contribution in [0.4, 0.5) is 22.7 Å². The summed E-state index contributed by atoms with van der Waals surface area (Å²) >= 11 is 0. The van der Waals surface area contributed by atoms with Crippen molar-refractivity contribution in [2.45, 2.75) is 19.8 Å². The molecule has 2 amide bonds. The molecule has 0 saturated carbocycles. The second-order valence-electron chi connectivity index (χ2n) is 8.60. The molecule has 1 heterocycles. The summed E-state index contributed by atoms with van der Waals surface area (Å²) in [5.74, 6) is 0.228. The largest absolute Gasteiger partial charge is 0.494 e. The van der Waals surface area contributed by atoms with Crippen molar-refractivity contribution in [2.75, 3.05) is 30.0 Å². The van der Waals surface area contributed by atoms with Crippen molar-refractivity contribution in [2.24, 2.45) is 0 Å². The smallest absolute Gasteiger partial charge is 0.277 e. The average Bonchev–Trinajstić information content (AvgIpc) is 2.89. The quantitative estimate of drug-likeness (QED) is 0.230. The predicted octanol–water partition coefficient (Wildman–Crippen LogP) is 4.65. The molecule has 0 atom stereocenters. The van der Waals surface area contributed by atoms with E-state index in [1.165, 1.54) is 0 Å². The minimum atomic E-state index is -0.810. The number of ether oxygens (including phenoxy) is 2. The van der Waals surface area contributed by atoms with Crippen LogP contribution in [0.15, 0.2) is 60.7 Å². The Morgan fingerprint density at radius 2 is 1.76 bits per heavy atom. The molecule has 12 nitrogen and oxygen atoms in total. The first-order valence-electron chi connectivity index (χ1n) is 11.7. The van der Waals surface area contributed by atoms with E-state index < -0.39 is 27.1 Å². The number of hydrogen-bond donors (Lipinski definition) is 1. The molecule has 1 N–H and O–H groups in total. The fourth-order valence-electron chi connectivity index (χ4n) is 3.93. The molecule has 0 aliphatic carbocycles. The number of fused-ring (bicyclic) bond motifs is 1. The summed E-state index contributed by atoms with van der Waals surface area (Å²) in [4.78, 5) is 47.6. The molecule has 0 saturated heterocycles. The van der Waals surface area contributed by atoms with Crippen molar-refractivity contribution < 1.29 is 28.9 Å². The van der Waals surface area contributed by atoms with Crippen LogP contribution in [0, 0.1) is 27.2 Å². The Hall–Kier alpha value is -5.00. The molecule has 0 radical (unpaired) electrons. The highest BCUT2D eigenvalue weighted by atomic mass is 16.6. The number of carbonyl (C=O) groups is 2. The molecule has 3 aromatic rings. The van der Waals surface area contributed by atoms with Crippen LogP contribution in [0.2, 0.25) is 0 Å². The standard InChI is InChI=1S/C26H24N4O8/c1-17-5-4-6-22(11-17)37-10-3-2-9-28-23-14-19(7-8-24(23)38-16-25(28)31)27-26(32)18-12-20(29(33)34)15-21(13-18)30(35)36/h4-8,11-15H,2-3,9-10,16H2,1H3,(H,27,32). The van der Waals surface area contributed by atoms with Crippen molar-refractivity contribution in [3.05, 3.63) is 92.0 Å². The number of amides is 2. The van der Waals surface area contributed by atoms with Gasteiger partial charge in [0.25, 0.3) is 23.2 Å². The molecule has 0 unspecified atom stereocenters. The second kappa shape index (κ2) is 11.4. The van der Waals surface area contributed by atoms with E-state index in [-0.39, 0.29) is 23.8 Å². The van der Waals surface area contributed by atoms with Crippen LogP contribution in [0.5, 0.6) is 11.5 Å². The molecule has 196 valence electrons. The minimum absolute atomic E-state index is 0.115. The van der Waals surface area contributed by atoms with Gasteiger partial charge in [-0.15, -0.1) is 0 Å². The molecule has 1 aliphatic rings. The lowest BCUT2D eigenvalue weighted by molar-refractivity contribution is -0.394. The van der Waals surface area contributed by atoms with Gasteiger partial charge >= 0.3 is 0 Å². The highest BCUT2D eigenvalue weighted by Gasteiger charge is 2.26. The first-order valence-corrected chi connectivity index (χ1v) is 11.7. The maximum atomic E-state index is 12.8. The Morgan fingerprint density at radius 3 is 2.45 bits per heavy atom. The monoisotopic (exact) mass is 520 g/mol. The van der Waals surface area contributed by atoms with Crippen molar-refractivity contribution in [3.8, 4) is 11.5 Å². The van der Waals surface area contributed by atoms with Gasteiger partial charge in [0.15, 0.2) is 6.61 Å². The number of anilines is 2. The zero-order chi connectivity index (χ0) is 27.2. The molecular formula is C26H24N4O8. The van der Waals surface area contributed by atoms with Gasteiger partial charge in [-0.1, -0.05) is 12.1 Å². The predicted molar refractivity (Wildman–Crippen MR) is 138 cm³/mol. The van der Waals surface area contributed by atoms with Gasteiger partial charge in [-0.2, -0.15) is 0 Å². The maximum Gasteiger partial charge on any atom is 0.277 e. The summed E-state index contributed by atoms with van der Waals surface area (Å²) in [6.45, 7) is 2.76. The average molecular weight is 520 g/mol. The van der Waals surface area contributed by atoms with Crippen LogP contribution >= 0.6 is 0 Å². The lowest BCUT2D eigenvalue weighted by Crippen LogP contribution is -2.39. The van der Waals surface area contributed by atoms with Crippen LogP contribution in [0.1, 0.15) is 28.8 Å². The van der Waals surface area contributed by atoms with Crippen LogP contribution < -0.4 is 19.7 Å². The van der Waals surface area contributed by atoms with E-state index in [2.05, 4.69) is 5.32 Å². The van der Waals surface area contributed by atoms with Crippen molar-refractivity contribution >= 4 is 34.6 Å². The Labute approximate surface area is 217 Å². The molecule has 4 rings (SSSR count). The van der Waals surface area contributed by atoms with Gasteiger partial charge in [0, 0.05) is 24.4 Å². The number of rotatable bonds is 10. The lowest BCUT2D eigenvalue weighted by atomic mass is 10.1. The van der Waals surface area contributed by atoms with E-state index in [0.29, 0.717) is 37.4 Å². The molecule has 0 spiro atoms. The van der Waals surface area contributed by atoms with E-state index in [1.54, 1.807) is 23.1 Å². The van der Waals surface area contributed by atoms with Gasteiger partial charge in [-0.3, -0.25) is 29.8 Å². The van der Waals surface area contributed by atoms with Crippen LogP contribution in [-0.2, 0) is 4.79 Å². The number of hydrogen-bond acceptors (Lipinski definition) is 8. The highest BCUT2D eigenvalue weighted by Crippen LogP contribution is 2.35. The Balaban J connectivity index is 1.43. The van der Waals surface area contributed by atoms with Crippen LogP contribution in [0.3, 0.4) is 0 Å². The summed E-state index contributed by atoms with van der Waals surface area (Å²) in [7, 11) is 0. The number of benzene rings is 3. The molecule has 1 aliphatic heterocycles. The number of nitro groups is 2. The van der Waals surface area contributed by atoms with Gasteiger partial charge in [0.1, 0.15) is 11.5 Å². The van der Waals surface area contributed by atoms with Gasteiger partial charge in [0.2, 0.25) is 0 Å². The van der Waals surface area contributed by atoms with E-state index in [1.807, 2.05) is 31.2 Å². The maximum absolute atomic E-state index is 12.8. The number of aryl methyl sites for hydroxylation is 1. The van der Waals surface area contributed by atoms with Gasteiger partial charge in [0.05, 0.1) is 33.8 Å². The Bertz CT molecular complexity index is 1380. The zero-order valence-corrected chi connectivity index (χ0v) is 20.4. The summed E-state index contributed by atoms with van der Waals surface area (Å²) in [6.07, 6.45) is 1.36. The number of carbonyl (C=O) groups excluding carboxylic acids is 2. The lowest BCUT2D eigenvalue weighted by Gasteiger charge is -2.30. The third kappa shape index (κ3) is 6.22. The van der Waals surface area contributed by atoms with Crippen LogP contribution in [0.25, 0.3) is 0 Å². The molecule has 0 fully saturated rings. The Morgan fingerprint density at radius 1 is 1.03 bits per heavy atom. The zero-order valence-electron chi connectivity index (χ0n) is 20.4. The molecule has 3 aromatic carbocycles. The van der Waals surface area contributed by atoms with Crippen molar-refractivity contribution in [1.29, 1.82) is 0 Å². The number of unbranched alkanes of at least 4 members (excludes halogenated alkanes) is 1. The number of non-ortho nitro benzene ring substituents is 2. The van der Waals surface area contributed by atoms with Crippen molar-refractivity contribution in [1.82, 2.24) is 0 Å². The highest BCUT2D eigenvalue weighted by molar-refractivity contribution is 6.06.